The van der Waals surface area contributed by atoms with Crippen LogP contribution in [0, 0.1) is 17.8 Å². The molecule has 2 heterocycles. The number of hydrogen-bond acceptors (Lipinski definition) is 2. The molecule has 0 N–H and O–H groups in total. The molecule has 2 heteroatoms. The van der Waals surface area contributed by atoms with Crippen LogP contribution in [-0.4, -0.2) is 17.8 Å². The van der Waals surface area contributed by atoms with Crippen molar-refractivity contribution in [3.05, 3.63) is 12.3 Å². The van der Waals surface area contributed by atoms with Crippen molar-refractivity contribution in [2.75, 3.05) is 0 Å². The molecule has 0 aromatic heterocycles. The van der Waals surface area contributed by atoms with E-state index in [1.165, 1.54) is 19.3 Å². The predicted octanol–water partition coefficient (Wildman–Crippen LogP) is 3.91. The average molecular weight is 250 g/mol. The molecule has 0 aromatic carbocycles. The molecule has 5 atom stereocenters. The molecule has 4 fully saturated rings. The Morgan fingerprint density at radius 2 is 2.00 bits per heavy atom. The molecule has 18 heavy (non-hydrogen) atoms. The maximum atomic E-state index is 6.52. The maximum Gasteiger partial charge on any atom is 0.101 e. The number of rotatable bonds is 3. The summed E-state index contributed by atoms with van der Waals surface area (Å²) >= 11 is 0. The number of hydrogen-bond donors (Lipinski definition) is 0. The topological polar surface area (TPSA) is 18.5 Å². The minimum Gasteiger partial charge on any atom is -0.495 e. The van der Waals surface area contributed by atoms with E-state index in [9.17, 15) is 0 Å². The first-order chi connectivity index (χ1) is 8.47. The predicted molar refractivity (Wildman–Crippen MR) is 72.2 cm³/mol. The molecule has 4 rings (SSSR count). The van der Waals surface area contributed by atoms with Crippen LogP contribution in [0.15, 0.2) is 12.3 Å². The molecule has 5 unspecified atom stereocenters. The Balaban J connectivity index is 1.82. The summed E-state index contributed by atoms with van der Waals surface area (Å²) in [4.78, 5) is 0. The number of ether oxygens (including phenoxy) is 2. The molecule has 4 aliphatic rings. The summed E-state index contributed by atoms with van der Waals surface area (Å²) in [7, 11) is 0. The van der Waals surface area contributed by atoms with E-state index in [4.69, 9.17) is 9.47 Å². The van der Waals surface area contributed by atoms with E-state index in [0.29, 0.717) is 24.0 Å². The molecule has 2 saturated heterocycles. The van der Waals surface area contributed by atoms with Crippen molar-refractivity contribution in [1.29, 1.82) is 0 Å². The Bertz CT molecular complexity index is 349. The molecule has 2 nitrogen and oxygen atoms in total. The maximum absolute atomic E-state index is 6.52. The molecule has 0 aromatic rings. The Morgan fingerprint density at radius 1 is 1.22 bits per heavy atom. The van der Waals surface area contributed by atoms with Crippen molar-refractivity contribution < 1.29 is 9.47 Å². The zero-order chi connectivity index (χ0) is 12.9. The van der Waals surface area contributed by atoms with Gasteiger partial charge in [0.25, 0.3) is 0 Å². The van der Waals surface area contributed by atoms with Gasteiger partial charge in [0.2, 0.25) is 0 Å². The first-order valence-electron chi connectivity index (χ1n) is 7.51. The lowest BCUT2D eigenvalue weighted by Crippen LogP contribution is -2.48. The highest BCUT2D eigenvalue weighted by molar-refractivity contribution is 5.10. The lowest BCUT2D eigenvalue weighted by Gasteiger charge is -2.48. The summed E-state index contributed by atoms with van der Waals surface area (Å²) in [6, 6.07) is 0. The molecule has 2 aliphatic carbocycles. The highest BCUT2D eigenvalue weighted by atomic mass is 16.5. The standard InChI is InChI=1S/C16H26O2/c1-10(2)11(3)18-16-7-13-5-14(8-16)12(4)17-15(6-13)9-16/h10-11,13-15H,4-9H2,1-3H3. The Labute approximate surface area is 111 Å². The monoisotopic (exact) mass is 250 g/mol. The van der Waals surface area contributed by atoms with Gasteiger partial charge in [-0.15, -0.1) is 0 Å². The van der Waals surface area contributed by atoms with Crippen LogP contribution in [0.3, 0.4) is 0 Å². The number of fused-ring (bicyclic) bond motifs is 1. The molecule has 2 aliphatic heterocycles. The van der Waals surface area contributed by atoms with Gasteiger partial charge in [0.1, 0.15) is 6.10 Å². The minimum absolute atomic E-state index is 0.0830. The van der Waals surface area contributed by atoms with Crippen LogP contribution in [0.5, 0.6) is 0 Å². The van der Waals surface area contributed by atoms with Crippen LogP contribution in [0.4, 0.5) is 0 Å². The second-order valence-electron chi connectivity index (χ2n) is 7.10. The van der Waals surface area contributed by atoms with Crippen LogP contribution in [0.25, 0.3) is 0 Å². The van der Waals surface area contributed by atoms with E-state index in [1.54, 1.807) is 0 Å². The van der Waals surface area contributed by atoms with Crippen LogP contribution < -0.4 is 0 Å². The van der Waals surface area contributed by atoms with Gasteiger partial charge in [-0.05, 0) is 44.4 Å². The summed E-state index contributed by atoms with van der Waals surface area (Å²) in [6.45, 7) is 10.8. The Morgan fingerprint density at radius 3 is 2.72 bits per heavy atom. The second-order valence-corrected chi connectivity index (χ2v) is 7.10. The van der Waals surface area contributed by atoms with Crippen molar-refractivity contribution in [2.45, 2.75) is 70.7 Å². The van der Waals surface area contributed by atoms with Gasteiger partial charge in [0, 0.05) is 12.3 Å². The summed E-state index contributed by atoms with van der Waals surface area (Å²) in [5.41, 5.74) is 0.0830. The molecule has 102 valence electrons. The zero-order valence-electron chi connectivity index (χ0n) is 11.9. The van der Waals surface area contributed by atoms with Crippen molar-refractivity contribution >= 4 is 0 Å². The highest BCUT2D eigenvalue weighted by Gasteiger charge is 2.52. The van der Waals surface area contributed by atoms with Crippen molar-refractivity contribution in [1.82, 2.24) is 0 Å². The molecule has 0 radical (unpaired) electrons. The molecule has 4 bridgehead atoms. The SMILES string of the molecule is C=C1OC2CC3CC1CC(OC(C)C(C)C)(C3)C2. The fourth-order valence-corrected chi connectivity index (χ4v) is 4.16. The lowest BCUT2D eigenvalue weighted by atomic mass is 9.65. The van der Waals surface area contributed by atoms with E-state index in [-0.39, 0.29) is 5.60 Å². The third-order valence-electron chi connectivity index (χ3n) is 5.24. The van der Waals surface area contributed by atoms with Gasteiger partial charge >= 0.3 is 0 Å². The van der Waals surface area contributed by atoms with Gasteiger partial charge in [-0.25, -0.2) is 0 Å². The average Bonchev–Trinajstić information content (AvgIpc) is 2.41. The smallest absolute Gasteiger partial charge is 0.101 e. The third-order valence-corrected chi connectivity index (χ3v) is 5.24. The molecule has 2 saturated carbocycles. The summed E-state index contributed by atoms with van der Waals surface area (Å²) < 4.78 is 12.5. The van der Waals surface area contributed by atoms with Gasteiger partial charge in [-0.3, -0.25) is 0 Å². The van der Waals surface area contributed by atoms with Crippen LogP contribution in [0.2, 0.25) is 0 Å². The van der Waals surface area contributed by atoms with Gasteiger partial charge < -0.3 is 9.47 Å². The van der Waals surface area contributed by atoms with Crippen molar-refractivity contribution in [2.24, 2.45) is 17.8 Å². The Kier molecular flexibility index (Phi) is 2.97. The fourth-order valence-electron chi connectivity index (χ4n) is 4.16. The van der Waals surface area contributed by atoms with E-state index in [0.717, 1.165) is 24.5 Å². The molecular formula is C16H26O2. The lowest BCUT2D eigenvalue weighted by molar-refractivity contribution is -0.161. The first kappa shape index (κ1) is 12.5. The van der Waals surface area contributed by atoms with Crippen LogP contribution in [0.1, 0.15) is 52.9 Å². The van der Waals surface area contributed by atoms with Crippen LogP contribution >= 0.6 is 0 Å². The van der Waals surface area contributed by atoms with E-state index < -0.39 is 0 Å². The van der Waals surface area contributed by atoms with E-state index in [1.807, 2.05) is 0 Å². The fraction of sp³-hybridized carbons (Fsp3) is 0.875. The Hall–Kier alpha value is -0.500. The van der Waals surface area contributed by atoms with Gasteiger partial charge in [-0.1, -0.05) is 20.4 Å². The zero-order valence-corrected chi connectivity index (χ0v) is 11.9. The van der Waals surface area contributed by atoms with Crippen molar-refractivity contribution in [3.8, 4) is 0 Å². The van der Waals surface area contributed by atoms with E-state index >= 15 is 0 Å². The van der Waals surface area contributed by atoms with E-state index in [2.05, 4.69) is 27.4 Å². The first-order valence-corrected chi connectivity index (χ1v) is 7.51. The second kappa shape index (κ2) is 4.26. The highest BCUT2D eigenvalue weighted by Crippen LogP contribution is 2.53. The van der Waals surface area contributed by atoms with Gasteiger partial charge in [-0.2, -0.15) is 0 Å². The van der Waals surface area contributed by atoms with Gasteiger partial charge in [0.05, 0.1) is 17.5 Å². The van der Waals surface area contributed by atoms with Crippen LogP contribution in [-0.2, 0) is 9.47 Å². The minimum atomic E-state index is 0.0830. The third kappa shape index (κ3) is 2.09. The summed E-state index contributed by atoms with van der Waals surface area (Å²) in [6.07, 6.45) is 6.66. The summed E-state index contributed by atoms with van der Waals surface area (Å²) in [5, 5.41) is 0. The molecule has 0 spiro atoms. The summed E-state index contributed by atoms with van der Waals surface area (Å²) in [5.74, 6) is 2.95. The molecule has 0 amide bonds. The van der Waals surface area contributed by atoms with Crippen molar-refractivity contribution in [3.63, 3.8) is 0 Å². The molecular weight excluding hydrogens is 224 g/mol. The van der Waals surface area contributed by atoms with Gasteiger partial charge in [0.15, 0.2) is 0 Å². The quantitative estimate of drug-likeness (QED) is 0.756. The normalized spacial score (nSPS) is 44.0. The number of allylic oxidation sites excluding steroid dienone is 1. The largest absolute Gasteiger partial charge is 0.495 e.